The zero-order valence-electron chi connectivity index (χ0n) is 8.88. The van der Waals surface area contributed by atoms with Crippen LogP contribution in [0.25, 0.3) is 21.7 Å². The lowest BCUT2D eigenvalue weighted by atomic mass is 10.1. The summed E-state index contributed by atoms with van der Waals surface area (Å²) in [4.78, 5) is 2.77. The Hall–Kier alpha value is -2.26. The van der Waals surface area contributed by atoms with E-state index in [9.17, 15) is 0 Å². The third kappa shape index (κ3) is 1.89. The minimum Gasteiger partial charge on any atom is -0.282 e. The van der Waals surface area contributed by atoms with Crippen LogP contribution in [0.2, 0.25) is 0 Å². The standard InChI is InChI=1S/C11H11N5/c1-8-10(7-13-16-12)11(15-14-8)9-5-3-2-4-6-9/h2-6H,7H2,1H3,(H,14,15). The normalized spacial score (nSPS) is 9.81. The predicted octanol–water partition coefficient (Wildman–Crippen LogP) is 3.20. The van der Waals surface area contributed by atoms with Crippen LogP contribution < -0.4 is 0 Å². The van der Waals surface area contributed by atoms with E-state index in [0.717, 1.165) is 22.5 Å². The van der Waals surface area contributed by atoms with E-state index in [2.05, 4.69) is 20.2 Å². The van der Waals surface area contributed by atoms with Crippen molar-refractivity contribution in [2.75, 3.05) is 0 Å². The second kappa shape index (κ2) is 4.51. The molecule has 2 aromatic rings. The smallest absolute Gasteiger partial charge is 0.0956 e. The van der Waals surface area contributed by atoms with Crippen LogP contribution in [0.3, 0.4) is 0 Å². The van der Waals surface area contributed by atoms with Gasteiger partial charge in [0.05, 0.1) is 12.2 Å². The van der Waals surface area contributed by atoms with Crippen molar-refractivity contribution in [1.29, 1.82) is 0 Å². The maximum atomic E-state index is 8.35. The highest BCUT2D eigenvalue weighted by Crippen LogP contribution is 2.23. The summed E-state index contributed by atoms with van der Waals surface area (Å²) in [5.74, 6) is 0. The Labute approximate surface area is 92.7 Å². The molecule has 0 aliphatic carbocycles. The number of nitrogens with zero attached hydrogens (tertiary/aromatic N) is 4. The largest absolute Gasteiger partial charge is 0.282 e. The van der Waals surface area contributed by atoms with E-state index in [1.165, 1.54) is 0 Å². The molecule has 2 rings (SSSR count). The van der Waals surface area contributed by atoms with Crippen LogP contribution in [0.15, 0.2) is 35.4 Å². The van der Waals surface area contributed by atoms with Gasteiger partial charge in [-0.3, -0.25) is 5.10 Å². The van der Waals surface area contributed by atoms with Crippen molar-refractivity contribution >= 4 is 0 Å². The van der Waals surface area contributed by atoms with Gasteiger partial charge in [0, 0.05) is 21.7 Å². The first-order valence-corrected chi connectivity index (χ1v) is 4.93. The molecule has 1 heterocycles. The molecule has 1 aromatic carbocycles. The van der Waals surface area contributed by atoms with Crippen LogP contribution in [-0.4, -0.2) is 10.2 Å². The van der Waals surface area contributed by atoms with Crippen LogP contribution in [0.5, 0.6) is 0 Å². The first-order chi connectivity index (χ1) is 7.83. The predicted molar refractivity (Wildman–Crippen MR) is 61.6 cm³/mol. The fraction of sp³-hybridized carbons (Fsp3) is 0.182. The van der Waals surface area contributed by atoms with Crippen LogP contribution >= 0.6 is 0 Å². The zero-order chi connectivity index (χ0) is 11.4. The second-order valence-electron chi connectivity index (χ2n) is 3.43. The first kappa shape index (κ1) is 10.3. The number of hydrogen-bond donors (Lipinski definition) is 1. The van der Waals surface area contributed by atoms with E-state index in [1.807, 2.05) is 37.3 Å². The molecule has 0 unspecified atom stereocenters. The third-order valence-corrected chi connectivity index (χ3v) is 2.41. The first-order valence-electron chi connectivity index (χ1n) is 4.93. The molecule has 0 spiro atoms. The lowest BCUT2D eigenvalue weighted by Crippen LogP contribution is -1.86. The van der Waals surface area contributed by atoms with E-state index in [4.69, 9.17) is 5.53 Å². The van der Waals surface area contributed by atoms with E-state index < -0.39 is 0 Å². The molecule has 1 N–H and O–H groups in total. The summed E-state index contributed by atoms with van der Waals surface area (Å²) < 4.78 is 0. The number of H-pyrrole nitrogens is 1. The summed E-state index contributed by atoms with van der Waals surface area (Å²) in [7, 11) is 0. The molecule has 0 radical (unpaired) electrons. The molecule has 0 saturated carbocycles. The van der Waals surface area contributed by atoms with Crippen molar-refractivity contribution in [2.24, 2.45) is 5.11 Å². The Balaban J connectivity index is 2.45. The van der Waals surface area contributed by atoms with Crippen molar-refractivity contribution in [3.05, 3.63) is 52.0 Å². The number of rotatable bonds is 3. The number of aryl methyl sites for hydroxylation is 1. The molecular weight excluding hydrogens is 202 g/mol. The fourth-order valence-corrected chi connectivity index (χ4v) is 1.58. The van der Waals surface area contributed by atoms with Gasteiger partial charge in [0.2, 0.25) is 0 Å². The molecule has 80 valence electrons. The molecule has 0 aliphatic heterocycles. The lowest BCUT2D eigenvalue weighted by Gasteiger charge is -1.99. The molecular formula is C11H11N5. The maximum absolute atomic E-state index is 8.35. The molecule has 0 fully saturated rings. The molecule has 1 aromatic heterocycles. The highest BCUT2D eigenvalue weighted by molar-refractivity contribution is 5.63. The Kier molecular flexibility index (Phi) is 2.89. The molecule has 5 heteroatoms. The van der Waals surface area contributed by atoms with Crippen molar-refractivity contribution in [2.45, 2.75) is 13.5 Å². The molecule has 5 nitrogen and oxygen atoms in total. The minimum atomic E-state index is 0.322. The van der Waals surface area contributed by atoms with Crippen LogP contribution in [0.4, 0.5) is 0 Å². The van der Waals surface area contributed by atoms with E-state index in [0.29, 0.717) is 6.54 Å². The van der Waals surface area contributed by atoms with Gasteiger partial charge in [-0.15, -0.1) is 0 Å². The number of aromatic nitrogens is 2. The van der Waals surface area contributed by atoms with E-state index in [1.54, 1.807) is 0 Å². The van der Waals surface area contributed by atoms with Crippen molar-refractivity contribution in [3.63, 3.8) is 0 Å². The molecule has 0 aliphatic rings. The van der Waals surface area contributed by atoms with Crippen LogP contribution in [-0.2, 0) is 6.54 Å². The average Bonchev–Trinajstić information content (AvgIpc) is 2.69. The fourth-order valence-electron chi connectivity index (χ4n) is 1.58. The Morgan fingerprint density at radius 3 is 2.81 bits per heavy atom. The van der Waals surface area contributed by atoms with Gasteiger partial charge in [-0.2, -0.15) is 5.10 Å². The topological polar surface area (TPSA) is 77.4 Å². The summed E-state index contributed by atoms with van der Waals surface area (Å²) >= 11 is 0. The van der Waals surface area contributed by atoms with E-state index in [-0.39, 0.29) is 0 Å². The van der Waals surface area contributed by atoms with Crippen LogP contribution in [0.1, 0.15) is 11.3 Å². The highest BCUT2D eigenvalue weighted by atomic mass is 15.2. The zero-order valence-corrected chi connectivity index (χ0v) is 8.88. The van der Waals surface area contributed by atoms with Gasteiger partial charge in [-0.1, -0.05) is 35.4 Å². The molecule has 0 atom stereocenters. The Morgan fingerprint density at radius 1 is 1.38 bits per heavy atom. The summed E-state index contributed by atoms with van der Waals surface area (Å²) in [6.45, 7) is 2.24. The molecule has 16 heavy (non-hydrogen) atoms. The van der Waals surface area contributed by atoms with E-state index >= 15 is 0 Å². The number of azide groups is 1. The lowest BCUT2D eigenvalue weighted by molar-refractivity contribution is 1.01. The number of hydrogen-bond acceptors (Lipinski definition) is 2. The maximum Gasteiger partial charge on any atom is 0.0956 e. The Morgan fingerprint density at radius 2 is 2.12 bits per heavy atom. The molecule has 0 saturated heterocycles. The molecule has 0 bridgehead atoms. The van der Waals surface area contributed by atoms with Gasteiger partial charge in [0.1, 0.15) is 0 Å². The van der Waals surface area contributed by atoms with Crippen molar-refractivity contribution < 1.29 is 0 Å². The minimum absolute atomic E-state index is 0.322. The van der Waals surface area contributed by atoms with Gasteiger partial charge in [0.15, 0.2) is 0 Å². The van der Waals surface area contributed by atoms with Gasteiger partial charge in [-0.25, -0.2) is 0 Å². The quantitative estimate of drug-likeness (QED) is 0.474. The third-order valence-electron chi connectivity index (χ3n) is 2.41. The summed E-state index contributed by atoms with van der Waals surface area (Å²) in [5.41, 5.74) is 12.1. The van der Waals surface area contributed by atoms with Gasteiger partial charge in [-0.05, 0) is 12.5 Å². The SMILES string of the molecule is Cc1[nH]nc(-c2ccccc2)c1CN=[N+]=[N-]. The van der Waals surface area contributed by atoms with Gasteiger partial charge >= 0.3 is 0 Å². The summed E-state index contributed by atoms with van der Waals surface area (Å²) in [6, 6.07) is 9.83. The average molecular weight is 213 g/mol. The summed E-state index contributed by atoms with van der Waals surface area (Å²) in [6.07, 6.45) is 0. The Bertz CT molecular complexity index is 523. The number of nitrogens with one attached hydrogen (secondary N) is 1. The van der Waals surface area contributed by atoms with Gasteiger partial charge < -0.3 is 0 Å². The monoisotopic (exact) mass is 213 g/mol. The van der Waals surface area contributed by atoms with Gasteiger partial charge in [0.25, 0.3) is 0 Å². The second-order valence-corrected chi connectivity index (χ2v) is 3.43. The number of aromatic amines is 1. The highest BCUT2D eigenvalue weighted by Gasteiger charge is 2.10. The van der Waals surface area contributed by atoms with Crippen LogP contribution in [0, 0.1) is 6.92 Å². The van der Waals surface area contributed by atoms with Crippen molar-refractivity contribution in [3.8, 4) is 11.3 Å². The molecule has 0 amide bonds. The summed E-state index contributed by atoms with van der Waals surface area (Å²) in [5, 5.41) is 10.7. The van der Waals surface area contributed by atoms with Crippen molar-refractivity contribution in [1.82, 2.24) is 10.2 Å². The number of benzene rings is 1.